The largest absolute Gasteiger partial charge is 0.367 e. The Morgan fingerprint density at radius 1 is 1.38 bits per heavy atom. The summed E-state index contributed by atoms with van der Waals surface area (Å²) in [7, 11) is 0. The zero-order valence-electron chi connectivity index (χ0n) is 14.4. The molecule has 24 heavy (non-hydrogen) atoms. The second-order valence-corrected chi connectivity index (χ2v) is 6.89. The Morgan fingerprint density at radius 3 is 2.83 bits per heavy atom. The van der Waals surface area contributed by atoms with Crippen molar-refractivity contribution in [3.05, 3.63) is 35.4 Å². The number of ether oxygens (including phenoxy) is 1. The summed E-state index contributed by atoms with van der Waals surface area (Å²) in [5.74, 6) is 1.84. The number of morpholine rings is 1. The van der Waals surface area contributed by atoms with Crippen LogP contribution in [0.25, 0.3) is 0 Å². The van der Waals surface area contributed by atoms with Gasteiger partial charge in [0.2, 0.25) is 0 Å². The van der Waals surface area contributed by atoms with E-state index < -0.39 is 0 Å². The third kappa shape index (κ3) is 3.43. The highest BCUT2D eigenvalue weighted by molar-refractivity contribution is 5.92. The zero-order valence-corrected chi connectivity index (χ0v) is 14.4. The first-order chi connectivity index (χ1) is 11.3. The molecule has 1 amide bonds. The third-order valence-electron chi connectivity index (χ3n) is 3.83. The first-order valence-electron chi connectivity index (χ1n) is 7.98. The predicted molar refractivity (Wildman–Crippen MR) is 86.4 cm³/mol. The maximum absolute atomic E-state index is 12.6. The number of H-pyrrole nitrogens is 1. The molecule has 1 aliphatic rings. The number of rotatable bonds is 2. The van der Waals surface area contributed by atoms with Crippen molar-refractivity contribution in [1.29, 1.82) is 0 Å². The topological polar surface area (TPSA) is 96.9 Å². The van der Waals surface area contributed by atoms with Crippen LogP contribution < -0.4 is 0 Å². The maximum Gasteiger partial charge on any atom is 0.272 e. The highest BCUT2D eigenvalue weighted by atomic mass is 16.5. The van der Waals surface area contributed by atoms with Crippen molar-refractivity contribution in [2.45, 2.75) is 39.2 Å². The fourth-order valence-electron chi connectivity index (χ4n) is 2.49. The van der Waals surface area contributed by atoms with Gasteiger partial charge in [0, 0.05) is 18.2 Å². The summed E-state index contributed by atoms with van der Waals surface area (Å²) >= 11 is 0. The lowest BCUT2D eigenvalue weighted by Gasteiger charge is -2.31. The molecule has 0 spiro atoms. The Labute approximate surface area is 140 Å². The monoisotopic (exact) mass is 330 g/mol. The highest BCUT2D eigenvalue weighted by Gasteiger charge is 2.30. The molecule has 0 bridgehead atoms. The van der Waals surface area contributed by atoms with E-state index >= 15 is 0 Å². The Morgan fingerprint density at radius 2 is 2.17 bits per heavy atom. The molecule has 2 aromatic heterocycles. The molecule has 1 N–H and O–H groups in total. The second kappa shape index (κ2) is 6.27. The Hall–Kier alpha value is -2.35. The van der Waals surface area contributed by atoms with Crippen LogP contribution in [0.2, 0.25) is 0 Å². The van der Waals surface area contributed by atoms with E-state index in [-0.39, 0.29) is 17.4 Å². The van der Waals surface area contributed by atoms with Gasteiger partial charge in [0.25, 0.3) is 5.91 Å². The smallest absolute Gasteiger partial charge is 0.272 e. The van der Waals surface area contributed by atoms with E-state index in [4.69, 9.17) is 4.74 Å². The Kier molecular flexibility index (Phi) is 4.31. The van der Waals surface area contributed by atoms with Gasteiger partial charge in [0.1, 0.15) is 17.6 Å². The van der Waals surface area contributed by atoms with Gasteiger partial charge in [0.05, 0.1) is 13.2 Å². The van der Waals surface area contributed by atoms with Crippen molar-refractivity contribution < 1.29 is 9.53 Å². The number of aromatic nitrogens is 5. The molecule has 1 atom stereocenters. The van der Waals surface area contributed by atoms with Gasteiger partial charge in [0.15, 0.2) is 11.6 Å². The lowest BCUT2D eigenvalue weighted by Crippen LogP contribution is -2.42. The molecule has 0 saturated carbocycles. The summed E-state index contributed by atoms with van der Waals surface area (Å²) in [4.78, 5) is 27.1. The zero-order chi connectivity index (χ0) is 17.3. The van der Waals surface area contributed by atoms with Crippen LogP contribution in [0.5, 0.6) is 0 Å². The molecule has 128 valence electrons. The van der Waals surface area contributed by atoms with E-state index in [2.05, 4.69) is 45.9 Å². The number of carbonyl (C=O) groups is 1. The second-order valence-electron chi connectivity index (χ2n) is 6.89. The molecule has 1 saturated heterocycles. The maximum atomic E-state index is 12.6. The fourth-order valence-corrected chi connectivity index (χ4v) is 2.49. The SMILES string of the molecule is Cc1nccc(C(=O)N2CCOC(c3nc(C(C)(C)C)n[nH]3)C2)n1. The molecule has 0 aliphatic carbocycles. The molecular weight excluding hydrogens is 308 g/mol. The number of nitrogens with zero attached hydrogens (tertiary/aromatic N) is 5. The van der Waals surface area contributed by atoms with Gasteiger partial charge in [-0.2, -0.15) is 5.10 Å². The van der Waals surface area contributed by atoms with Crippen LogP contribution in [0.3, 0.4) is 0 Å². The number of hydrogen-bond acceptors (Lipinski definition) is 6. The van der Waals surface area contributed by atoms with E-state index in [0.717, 1.165) is 5.82 Å². The predicted octanol–water partition coefficient (Wildman–Crippen LogP) is 1.41. The number of hydrogen-bond donors (Lipinski definition) is 1. The molecule has 1 aliphatic heterocycles. The normalized spacial score (nSPS) is 18.7. The van der Waals surface area contributed by atoms with Crippen molar-refractivity contribution in [3.8, 4) is 0 Å². The third-order valence-corrected chi connectivity index (χ3v) is 3.83. The summed E-state index contributed by atoms with van der Waals surface area (Å²) in [6.45, 7) is 9.31. The van der Waals surface area contributed by atoms with E-state index in [0.29, 0.717) is 37.0 Å². The average molecular weight is 330 g/mol. The Bertz CT molecular complexity index is 736. The number of carbonyl (C=O) groups excluding carboxylic acids is 1. The minimum atomic E-state index is -0.311. The molecule has 8 nitrogen and oxygen atoms in total. The lowest BCUT2D eigenvalue weighted by atomic mass is 9.96. The van der Waals surface area contributed by atoms with Crippen molar-refractivity contribution >= 4 is 5.91 Å². The van der Waals surface area contributed by atoms with Gasteiger partial charge in [-0.3, -0.25) is 9.89 Å². The summed E-state index contributed by atoms with van der Waals surface area (Å²) in [5.41, 5.74) is 0.258. The fraction of sp³-hybridized carbons (Fsp3) is 0.562. The molecule has 0 aromatic carbocycles. The summed E-state index contributed by atoms with van der Waals surface area (Å²) in [5, 5.41) is 7.20. The molecule has 3 heterocycles. The molecular formula is C16H22N6O2. The van der Waals surface area contributed by atoms with Crippen LogP contribution in [-0.4, -0.2) is 55.7 Å². The van der Waals surface area contributed by atoms with Crippen LogP contribution in [0.4, 0.5) is 0 Å². The van der Waals surface area contributed by atoms with Gasteiger partial charge < -0.3 is 9.64 Å². The summed E-state index contributed by atoms with van der Waals surface area (Å²) in [6.07, 6.45) is 1.29. The minimum absolute atomic E-state index is 0.121. The molecule has 8 heteroatoms. The first kappa shape index (κ1) is 16.5. The summed E-state index contributed by atoms with van der Waals surface area (Å²) < 4.78 is 5.77. The Balaban J connectivity index is 1.75. The van der Waals surface area contributed by atoms with Crippen molar-refractivity contribution in [3.63, 3.8) is 0 Å². The average Bonchev–Trinajstić information content (AvgIpc) is 3.04. The number of aromatic amines is 1. The van der Waals surface area contributed by atoms with E-state index in [9.17, 15) is 4.79 Å². The van der Waals surface area contributed by atoms with Gasteiger partial charge in [-0.15, -0.1) is 0 Å². The number of nitrogens with one attached hydrogen (secondary N) is 1. The van der Waals surface area contributed by atoms with Crippen LogP contribution >= 0.6 is 0 Å². The molecule has 2 aromatic rings. The minimum Gasteiger partial charge on any atom is -0.367 e. The molecule has 0 radical (unpaired) electrons. The quantitative estimate of drug-likeness (QED) is 0.894. The van der Waals surface area contributed by atoms with Crippen molar-refractivity contribution in [1.82, 2.24) is 30.0 Å². The van der Waals surface area contributed by atoms with Crippen LogP contribution in [0.15, 0.2) is 12.3 Å². The molecule has 1 fully saturated rings. The van der Waals surface area contributed by atoms with Gasteiger partial charge in [-0.1, -0.05) is 20.8 Å². The summed E-state index contributed by atoms with van der Waals surface area (Å²) in [6, 6.07) is 1.63. The highest BCUT2D eigenvalue weighted by Crippen LogP contribution is 2.23. The lowest BCUT2D eigenvalue weighted by molar-refractivity contribution is -0.0269. The van der Waals surface area contributed by atoms with Crippen molar-refractivity contribution in [2.75, 3.05) is 19.7 Å². The van der Waals surface area contributed by atoms with Gasteiger partial charge in [-0.25, -0.2) is 15.0 Å². The van der Waals surface area contributed by atoms with Crippen LogP contribution in [-0.2, 0) is 10.2 Å². The molecule has 1 unspecified atom stereocenters. The van der Waals surface area contributed by atoms with E-state index in [1.54, 1.807) is 24.1 Å². The first-order valence-corrected chi connectivity index (χ1v) is 7.98. The van der Waals surface area contributed by atoms with E-state index in [1.807, 2.05) is 0 Å². The van der Waals surface area contributed by atoms with E-state index in [1.165, 1.54) is 0 Å². The molecule has 3 rings (SSSR count). The number of aryl methyl sites for hydroxylation is 1. The van der Waals surface area contributed by atoms with Crippen molar-refractivity contribution in [2.24, 2.45) is 0 Å². The van der Waals surface area contributed by atoms with Gasteiger partial charge >= 0.3 is 0 Å². The van der Waals surface area contributed by atoms with Crippen LogP contribution in [0, 0.1) is 6.92 Å². The van der Waals surface area contributed by atoms with Crippen LogP contribution in [0.1, 0.15) is 54.8 Å². The standard InChI is InChI=1S/C16H22N6O2/c1-10-17-6-5-11(18-10)14(23)22-7-8-24-12(9-22)13-19-15(21-20-13)16(2,3)4/h5-6,12H,7-9H2,1-4H3,(H,19,20,21). The van der Waals surface area contributed by atoms with Gasteiger partial charge in [-0.05, 0) is 13.0 Å². The number of amides is 1.